The molecule has 0 saturated heterocycles. The molecule has 0 nitrogen and oxygen atoms in total. The van der Waals surface area contributed by atoms with E-state index in [0.29, 0.717) is 0 Å². The third-order valence-electron chi connectivity index (χ3n) is 3.02. The first-order valence-corrected chi connectivity index (χ1v) is 9.05. The molecule has 0 unspecified atom stereocenters. The lowest BCUT2D eigenvalue weighted by molar-refractivity contribution is 0.728. The Morgan fingerprint density at radius 3 is 1.68 bits per heavy atom. The molecule has 0 aliphatic carbocycles. The van der Waals surface area contributed by atoms with Crippen molar-refractivity contribution in [2.75, 3.05) is 5.33 Å². The minimum Gasteiger partial charge on any atom is -0.0928 e. The second kappa shape index (κ2) is 17.7. The molecule has 0 spiro atoms. The van der Waals surface area contributed by atoms with Gasteiger partial charge in [0.2, 0.25) is 0 Å². The van der Waals surface area contributed by atoms with Gasteiger partial charge in [-0.25, -0.2) is 0 Å². The maximum atomic E-state index is 3.46. The Balaban J connectivity index is 3.26. The molecule has 0 aromatic heterocycles. The molecule has 110 valence electrons. The van der Waals surface area contributed by atoms with Gasteiger partial charge in [0.05, 0.1) is 0 Å². The third kappa shape index (κ3) is 17.7. The Kier molecular flexibility index (Phi) is 17.4. The summed E-state index contributed by atoms with van der Waals surface area (Å²) in [5.74, 6) is 0. The van der Waals surface area contributed by atoms with Crippen molar-refractivity contribution in [1.29, 1.82) is 0 Å². The first kappa shape index (κ1) is 18.7. The fraction of sp³-hybridized carbons (Fsp3) is 0.667. The van der Waals surface area contributed by atoms with Crippen LogP contribution in [-0.4, -0.2) is 5.33 Å². The van der Waals surface area contributed by atoms with Gasteiger partial charge < -0.3 is 0 Å². The van der Waals surface area contributed by atoms with Crippen LogP contribution < -0.4 is 0 Å². The molecule has 19 heavy (non-hydrogen) atoms. The van der Waals surface area contributed by atoms with Crippen LogP contribution in [0.4, 0.5) is 0 Å². The molecule has 0 heterocycles. The van der Waals surface area contributed by atoms with Gasteiger partial charge in [0, 0.05) is 5.33 Å². The molecule has 0 aromatic rings. The summed E-state index contributed by atoms with van der Waals surface area (Å²) >= 11 is 3.46. The van der Waals surface area contributed by atoms with E-state index in [4.69, 9.17) is 0 Å². The fourth-order valence-corrected chi connectivity index (χ4v) is 2.22. The molecular weight excluding hydrogens is 296 g/mol. The van der Waals surface area contributed by atoms with Crippen LogP contribution in [0.15, 0.2) is 36.5 Å². The molecule has 1 heteroatoms. The molecule has 0 aromatic carbocycles. The number of hydrogen-bond acceptors (Lipinski definition) is 0. The van der Waals surface area contributed by atoms with Crippen molar-refractivity contribution in [3.63, 3.8) is 0 Å². The van der Waals surface area contributed by atoms with Gasteiger partial charge in [0.25, 0.3) is 0 Å². The summed E-state index contributed by atoms with van der Waals surface area (Å²) in [5, 5.41) is 1.14. The van der Waals surface area contributed by atoms with E-state index in [1.807, 2.05) is 0 Å². The van der Waals surface area contributed by atoms with Gasteiger partial charge >= 0.3 is 0 Å². The topological polar surface area (TPSA) is 0 Å². The van der Waals surface area contributed by atoms with E-state index in [0.717, 1.165) is 18.2 Å². The highest BCUT2D eigenvalue weighted by molar-refractivity contribution is 9.09. The molecule has 0 bridgehead atoms. The van der Waals surface area contributed by atoms with Crippen LogP contribution in [-0.2, 0) is 0 Å². The van der Waals surface area contributed by atoms with Crippen LogP contribution in [0.3, 0.4) is 0 Å². The molecule has 0 atom stereocenters. The minimum absolute atomic E-state index is 1.09. The summed E-state index contributed by atoms with van der Waals surface area (Å²) in [5.41, 5.74) is 0. The summed E-state index contributed by atoms with van der Waals surface area (Å²) in [6.07, 6.45) is 26.4. The van der Waals surface area contributed by atoms with E-state index in [-0.39, 0.29) is 0 Å². The van der Waals surface area contributed by atoms with Crippen LogP contribution in [0, 0.1) is 0 Å². The van der Waals surface area contributed by atoms with Gasteiger partial charge in [0.1, 0.15) is 0 Å². The summed E-state index contributed by atoms with van der Waals surface area (Å²) in [6, 6.07) is 0. The molecule has 0 N–H and O–H groups in total. The van der Waals surface area contributed by atoms with Crippen molar-refractivity contribution < 1.29 is 0 Å². The van der Waals surface area contributed by atoms with Crippen LogP contribution >= 0.6 is 15.9 Å². The summed E-state index contributed by atoms with van der Waals surface area (Å²) < 4.78 is 0. The molecular formula is C18H31Br. The SMILES string of the molecule is CCCCCC=CCC=CCC=CCCCCCBr. The number of alkyl halides is 1. The van der Waals surface area contributed by atoms with Crippen molar-refractivity contribution in [1.82, 2.24) is 0 Å². The molecule has 0 amide bonds. The van der Waals surface area contributed by atoms with Gasteiger partial charge in [-0.3, -0.25) is 0 Å². The highest BCUT2D eigenvalue weighted by Crippen LogP contribution is 2.03. The maximum absolute atomic E-state index is 3.46. The Morgan fingerprint density at radius 1 is 0.632 bits per heavy atom. The van der Waals surface area contributed by atoms with Gasteiger partial charge in [0.15, 0.2) is 0 Å². The molecule has 0 aliphatic rings. The van der Waals surface area contributed by atoms with Crippen molar-refractivity contribution >= 4 is 15.9 Å². The standard InChI is InChI=1S/C18H31Br/c1-2-3-4-5-6-7-8-9-10-11-12-13-14-15-16-17-18-19/h6-7,9-10,12-13H,2-5,8,11,14-18H2,1H3. The summed E-state index contributed by atoms with van der Waals surface area (Å²) in [6.45, 7) is 2.25. The third-order valence-corrected chi connectivity index (χ3v) is 3.58. The van der Waals surface area contributed by atoms with Gasteiger partial charge in [-0.2, -0.15) is 0 Å². The number of halogens is 1. The lowest BCUT2D eigenvalue weighted by Crippen LogP contribution is -1.75. The Labute approximate surface area is 129 Å². The van der Waals surface area contributed by atoms with Crippen LogP contribution in [0.5, 0.6) is 0 Å². The lowest BCUT2D eigenvalue weighted by Gasteiger charge is -1.93. The van der Waals surface area contributed by atoms with E-state index in [9.17, 15) is 0 Å². The Hall–Kier alpha value is -0.300. The minimum atomic E-state index is 1.09. The number of unbranched alkanes of at least 4 members (excludes halogenated alkanes) is 6. The number of hydrogen-bond donors (Lipinski definition) is 0. The van der Waals surface area contributed by atoms with Crippen LogP contribution in [0.25, 0.3) is 0 Å². The lowest BCUT2D eigenvalue weighted by atomic mass is 10.2. The van der Waals surface area contributed by atoms with E-state index >= 15 is 0 Å². The predicted molar refractivity (Wildman–Crippen MR) is 93.1 cm³/mol. The van der Waals surface area contributed by atoms with E-state index in [1.165, 1.54) is 51.4 Å². The first-order chi connectivity index (χ1) is 9.41. The Bertz CT molecular complexity index is 238. The van der Waals surface area contributed by atoms with Crippen LogP contribution in [0.1, 0.15) is 71.1 Å². The quantitative estimate of drug-likeness (QED) is 0.195. The van der Waals surface area contributed by atoms with Crippen molar-refractivity contribution in [2.24, 2.45) is 0 Å². The largest absolute Gasteiger partial charge is 0.0928 e. The van der Waals surface area contributed by atoms with E-state index < -0.39 is 0 Å². The van der Waals surface area contributed by atoms with E-state index in [2.05, 4.69) is 59.3 Å². The second-order valence-corrected chi connectivity index (χ2v) is 5.71. The zero-order chi connectivity index (χ0) is 14.0. The van der Waals surface area contributed by atoms with Crippen molar-refractivity contribution in [3.8, 4) is 0 Å². The number of rotatable bonds is 13. The zero-order valence-corrected chi connectivity index (χ0v) is 14.2. The number of allylic oxidation sites excluding steroid dienone is 6. The highest BCUT2D eigenvalue weighted by atomic mass is 79.9. The average Bonchev–Trinajstić information content (AvgIpc) is 2.43. The summed E-state index contributed by atoms with van der Waals surface area (Å²) in [4.78, 5) is 0. The maximum Gasteiger partial charge on any atom is 0.00313 e. The zero-order valence-electron chi connectivity index (χ0n) is 12.6. The van der Waals surface area contributed by atoms with Gasteiger partial charge in [-0.15, -0.1) is 0 Å². The fourth-order valence-electron chi connectivity index (χ4n) is 1.82. The average molecular weight is 327 g/mol. The molecule has 0 aliphatic heterocycles. The molecule has 0 rings (SSSR count). The smallest absolute Gasteiger partial charge is 0.00313 e. The van der Waals surface area contributed by atoms with Crippen molar-refractivity contribution in [3.05, 3.63) is 36.5 Å². The van der Waals surface area contributed by atoms with Crippen LogP contribution in [0.2, 0.25) is 0 Å². The molecule has 0 radical (unpaired) electrons. The normalized spacial score (nSPS) is 12.3. The van der Waals surface area contributed by atoms with Crippen molar-refractivity contribution in [2.45, 2.75) is 71.1 Å². The van der Waals surface area contributed by atoms with E-state index in [1.54, 1.807) is 0 Å². The molecule has 0 fully saturated rings. The predicted octanol–water partition coefficient (Wildman–Crippen LogP) is 6.97. The highest BCUT2D eigenvalue weighted by Gasteiger charge is 1.84. The second-order valence-electron chi connectivity index (χ2n) is 4.92. The summed E-state index contributed by atoms with van der Waals surface area (Å²) in [7, 11) is 0. The molecule has 0 saturated carbocycles. The Morgan fingerprint density at radius 2 is 1.16 bits per heavy atom. The monoisotopic (exact) mass is 326 g/mol. The van der Waals surface area contributed by atoms with Gasteiger partial charge in [-0.1, -0.05) is 78.6 Å². The van der Waals surface area contributed by atoms with Gasteiger partial charge in [-0.05, 0) is 44.9 Å². The first-order valence-electron chi connectivity index (χ1n) is 7.92.